The quantitative estimate of drug-likeness (QED) is 0.499. The van der Waals surface area contributed by atoms with E-state index in [2.05, 4.69) is 6.08 Å². The lowest BCUT2D eigenvalue weighted by Gasteiger charge is -2.28. The summed E-state index contributed by atoms with van der Waals surface area (Å²) in [5.74, 6) is 2.10. The largest absolute Gasteiger partial charge is 0.498 e. The van der Waals surface area contributed by atoms with E-state index in [1.54, 1.807) is 0 Å². The van der Waals surface area contributed by atoms with Crippen molar-refractivity contribution in [3.8, 4) is 0 Å². The third-order valence-corrected chi connectivity index (χ3v) is 2.47. The molecule has 0 radical (unpaired) electrons. The van der Waals surface area contributed by atoms with Crippen LogP contribution in [0.15, 0.2) is 11.8 Å². The summed E-state index contributed by atoms with van der Waals surface area (Å²) in [4.78, 5) is 0. The molecule has 1 aliphatic carbocycles. The number of fused-ring (bicyclic) bond motifs is 1. The normalized spacial score (nSPS) is 32.0. The highest BCUT2D eigenvalue weighted by Crippen LogP contribution is 2.32. The Morgan fingerprint density at radius 2 is 2.20 bits per heavy atom. The predicted molar refractivity (Wildman–Crippen MR) is 40.6 cm³/mol. The first-order valence-electron chi connectivity index (χ1n) is 4.29. The van der Waals surface area contributed by atoms with Crippen molar-refractivity contribution in [2.24, 2.45) is 5.92 Å². The second kappa shape index (κ2) is 2.65. The van der Waals surface area contributed by atoms with Crippen molar-refractivity contribution in [1.82, 2.24) is 0 Å². The minimum Gasteiger partial charge on any atom is -0.498 e. The van der Waals surface area contributed by atoms with Crippen LogP contribution in [0.4, 0.5) is 0 Å². The summed E-state index contributed by atoms with van der Waals surface area (Å²) in [7, 11) is 0. The van der Waals surface area contributed by atoms with E-state index in [-0.39, 0.29) is 0 Å². The molecule has 1 atom stereocenters. The number of ether oxygens (including phenoxy) is 1. The molecule has 0 bridgehead atoms. The summed E-state index contributed by atoms with van der Waals surface area (Å²) in [6.07, 6.45) is 8.90. The summed E-state index contributed by atoms with van der Waals surface area (Å²) in [6.45, 7) is 0.961. The smallest absolute Gasteiger partial charge is 0.0950 e. The molecule has 0 saturated carbocycles. The van der Waals surface area contributed by atoms with Crippen LogP contribution in [-0.2, 0) is 4.74 Å². The van der Waals surface area contributed by atoms with E-state index in [0.717, 1.165) is 12.5 Å². The molecule has 1 heteroatoms. The van der Waals surface area contributed by atoms with Gasteiger partial charge in [0.2, 0.25) is 0 Å². The molecule has 2 aliphatic rings. The van der Waals surface area contributed by atoms with Crippen LogP contribution in [0.5, 0.6) is 0 Å². The van der Waals surface area contributed by atoms with Gasteiger partial charge in [-0.3, -0.25) is 0 Å². The van der Waals surface area contributed by atoms with E-state index in [9.17, 15) is 0 Å². The second-order valence-corrected chi connectivity index (χ2v) is 3.23. The highest BCUT2D eigenvalue weighted by Gasteiger charge is 2.21. The Kier molecular flexibility index (Phi) is 1.66. The summed E-state index contributed by atoms with van der Waals surface area (Å²) in [5, 5.41) is 0. The van der Waals surface area contributed by atoms with E-state index in [4.69, 9.17) is 4.74 Å². The van der Waals surface area contributed by atoms with Crippen molar-refractivity contribution in [3.05, 3.63) is 11.8 Å². The summed E-state index contributed by atoms with van der Waals surface area (Å²) in [5.41, 5.74) is 0. The van der Waals surface area contributed by atoms with Crippen LogP contribution in [0.1, 0.15) is 32.1 Å². The van der Waals surface area contributed by atoms with E-state index in [0.29, 0.717) is 0 Å². The van der Waals surface area contributed by atoms with Gasteiger partial charge in [0.15, 0.2) is 0 Å². The van der Waals surface area contributed by atoms with Gasteiger partial charge in [-0.1, -0.05) is 0 Å². The van der Waals surface area contributed by atoms with Gasteiger partial charge in [-0.15, -0.1) is 0 Å². The second-order valence-electron chi connectivity index (χ2n) is 3.23. The van der Waals surface area contributed by atoms with Gasteiger partial charge in [-0.25, -0.2) is 0 Å². The van der Waals surface area contributed by atoms with E-state index in [1.807, 2.05) is 0 Å². The lowest BCUT2D eigenvalue weighted by molar-refractivity contribution is 0.116. The first-order valence-corrected chi connectivity index (χ1v) is 4.29. The van der Waals surface area contributed by atoms with Crippen LogP contribution < -0.4 is 0 Å². The van der Waals surface area contributed by atoms with Crippen LogP contribution in [-0.4, -0.2) is 6.61 Å². The van der Waals surface area contributed by atoms with Crippen molar-refractivity contribution >= 4 is 0 Å². The highest BCUT2D eigenvalue weighted by molar-refractivity contribution is 5.04. The molecule has 1 aliphatic heterocycles. The van der Waals surface area contributed by atoms with Crippen molar-refractivity contribution in [1.29, 1.82) is 0 Å². The van der Waals surface area contributed by atoms with E-state index < -0.39 is 0 Å². The zero-order chi connectivity index (χ0) is 6.81. The molecular weight excluding hydrogens is 124 g/mol. The Labute approximate surface area is 62.1 Å². The van der Waals surface area contributed by atoms with Gasteiger partial charge in [-0.05, 0) is 38.2 Å². The average Bonchev–Trinajstić information content (AvgIpc) is 2.05. The molecule has 0 unspecified atom stereocenters. The van der Waals surface area contributed by atoms with Gasteiger partial charge in [0, 0.05) is 5.92 Å². The monoisotopic (exact) mass is 138 g/mol. The number of hydrogen-bond donors (Lipinski definition) is 0. The van der Waals surface area contributed by atoms with Crippen molar-refractivity contribution < 1.29 is 4.74 Å². The molecular formula is C9H14O. The lowest BCUT2D eigenvalue weighted by atomic mass is 9.88. The molecule has 1 saturated heterocycles. The van der Waals surface area contributed by atoms with E-state index in [1.165, 1.54) is 37.9 Å². The van der Waals surface area contributed by atoms with E-state index >= 15 is 0 Å². The maximum Gasteiger partial charge on any atom is 0.0950 e. The van der Waals surface area contributed by atoms with Crippen LogP contribution in [0.25, 0.3) is 0 Å². The predicted octanol–water partition coefficient (Wildman–Crippen LogP) is 2.48. The first-order chi connectivity index (χ1) is 4.97. The topological polar surface area (TPSA) is 9.23 Å². The standard InChI is InChI=1S/C9H14O/c1-2-6-9-8(4-1)5-3-7-10-9/h6,8H,1-5,7H2/t8-/m0/s1. The fourth-order valence-electron chi connectivity index (χ4n) is 1.90. The Balaban J connectivity index is 2.08. The molecule has 2 rings (SSSR count). The van der Waals surface area contributed by atoms with Crippen molar-refractivity contribution in [3.63, 3.8) is 0 Å². The maximum absolute atomic E-state index is 5.54. The molecule has 0 spiro atoms. The van der Waals surface area contributed by atoms with Crippen LogP contribution in [0.2, 0.25) is 0 Å². The number of rotatable bonds is 0. The molecule has 10 heavy (non-hydrogen) atoms. The SMILES string of the molecule is C1=C2OCCC[C@@H]2CCC1. The van der Waals surface area contributed by atoms with Gasteiger partial charge < -0.3 is 4.74 Å². The molecule has 0 aromatic carbocycles. The van der Waals surface area contributed by atoms with Gasteiger partial charge in [-0.2, -0.15) is 0 Å². The molecule has 0 amide bonds. The maximum atomic E-state index is 5.54. The number of hydrogen-bond acceptors (Lipinski definition) is 1. The van der Waals surface area contributed by atoms with Crippen LogP contribution in [0, 0.1) is 5.92 Å². The highest BCUT2D eigenvalue weighted by atomic mass is 16.5. The van der Waals surface area contributed by atoms with Gasteiger partial charge in [0.25, 0.3) is 0 Å². The Hall–Kier alpha value is -0.460. The summed E-state index contributed by atoms with van der Waals surface area (Å²) < 4.78 is 5.54. The first kappa shape index (κ1) is 6.26. The molecule has 0 aromatic heterocycles. The van der Waals surface area contributed by atoms with Crippen LogP contribution in [0.3, 0.4) is 0 Å². The molecule has 1 heterocycles. The molecule has 0 aromatic rings. The van der Waals surface area contributed by atoms with Crippen molar-refractivity contribution in [2.45, 2.75) is 32.1 Å². The average molecular weight is 138 g/mol. The Morgan fingerprint density at radius 3 is 3.10 bits per heavy atom. The molecule has 1 nitrogen and oxygen atoms in total. The van der Waals surface area contributed by atoms with Crippen molar-refractivity contribution in [2.75, 3.05) is 6.61 Å². The zero-order valence-corrected chi connectivity index (χ0v) is 6.31. The summed E-state index contributed by atoms with van der Waals surface area (Å²) in [6, 6.07) is 0. The fourth-order valence-corrected chi connectivity index (χ4v) is 1.90. The lowest BCUT2D eigenvalue weighted by Crippen LogP contribution is -2.17. The third-order valence-electron chi connectivity index (χ3n) is 2.47. The van der Waals surface area contributed by atoms with Gasteiger partial charge in [0.05, 0.1) is 12.4 Å². The fraction of sp³-hybridized carbons (Fsp3) is 0.778. The number of allylic oxidation sites excluding steroid dienone is 2. The van der Waals surface area contributed by atoms with Crippen LogP contribution >= 0.6 is 0 Å². The molecule has 0 N–H and O–H groups in total. The van der Waals surface area contributed by atoms with Gasteiger partial charge in [0.1, 0.15) is 0 Å². The Bertz CT molecular complexity index is 149. The Morgan fingerprint density at radius 1 is 1.30 bits per heavy atom. The van der Waals surface area contributed by atoms with Gasteiger partial charge >= 0.3 is 0 Å². The third kappa shape index (κ3) is 1.05. The molecule has 56 valence electrons. The minimum absolute atomic E-state index is 0.794. The summed E-state index contributed by atoms with van der Waals surface area (Å²) >= 11 is 0. The minimum atomic E-state index is 0.794. The zero-order valence-electron chi connectivity index (χ0n) is 6.31. The molecule has 1 fully saturated rings.